The molecule has 3 heterocycles. The molecule has 0 unspecified atom stereocenters. The molecular formula is C24H23BrN4O. The van der Waals surface area contributed by atoms with E-state index in [0.29, 0.717) is 0 Å². The monoisotopic (exact) mass is 462 g/mol. The molecule has 5 nitrogen and oxygen atoms in total. The number of benzene rings is 2. The number of morpholine rings is 1. The summed E-state index contributed by atoms with van der Waals surface area (Å²) in [5, 5.41) is 1.08. The molecule has 4 aromatic rings. The van der Waals surface area contributed by atoms with Gasteiger partial charge in [0.2, 0.25) is 0 Å². The van der Waals surface area contributed by atoms with Crippen molar-refractivity contribution in [3.8, 4) is 16.8 Å². The molecule has 0 amide bonds. The Labute approximate surface area is 184 Å². The molecule has 1 saturated heterocycles. The van der Waals surface area contributed by atoms with Crippen molar-refractivity contribution in [2.45, 2.75) is 26.1 Å². The van der Waals surface area contributed by atoms with Crippen LogP contribution in [0.4, 0.5) is 5.82 Å². The van der Waals surface area contributed by atoms with Crippen LogP contribution in [0.15, 0.2) is 71.6 Å². The molecule has 1 aliphatic heterocycles. The highest BCUT2D eigenvalue weighted by Crippen LogP contribution is 2.37. The van der Waals surface area contributed by atoms with Crippen molar-refractivity contribution < 1.29 is 4.74 Å². The van der Waals surface area contributed by atoms with E-state index in [9.17, 15) is 0 Å². The van der Waals surface area contributed by atoms with Gasteiger partial charge in [0.05, 0.1) is 17.6 Å². The number of nitrogens with zero attached hydrogens (tertiary/aromatic N) is 4. The molecule has 0 spiro atoms. The van der Waals surface area contributed by atoms with Gasteiger partial charge < -0.3 is 14.2 Å². The molecule has 152 valence electrons. The maximum atomic E-state index is 5.96. The summed E-state index contributed by atoms with van der Waals surface area (Å²) in [5.74, 6) is 0.969. The Morgan fingerprint density at radius 3 is 2.33 bits per heavy atom. The number of hydrogen-bond acceptors (Lipinski definition) is 4. The largest absolute Gasteiger partial charge is 0.372 e. The Balaban J connectivity index is 1.75. The molecule has 2 aromatic heterocycles. The molecule has 0 bridgehead atoms. The fourth-order valence-electron chi connectivity index (χ4n) is 4.27. The van der Waals surface area contributed by atoms with Crippen LogP contribution < -0.4 is 4.90 Å². The van der Waals surface area contributed by atoms with Crippen LogP contribution in [0, 0.1) is 0 Å². The third kappa shape index (κ3) is 3.50. The summed E-state index contributed by atoms with van der Waals surface area (Å²) < 4.78 is 9.16. The average molecular weight is 463 g/mol. The van der Waals surface area contributed by atoms with Gasteiger partial charge in [0.1, 0.15) is 12.1 Å². The number of halogens is 1. The Hall–Kier alpha value is -2.70. The van der Waals surface area contributed by atoms with E-state index in [4.69, 9.17) is 14.7 Å². The van der Waals surface area contributed by atoms with Gasteiger partial charge in [0.25, 0.3) is 0 Å². The van der Waals surface area contributed by atoms with Crippen molar-refractivity contribution in [3.63, 3.8) is 0 Å². The molecule has 1 fully saturated rings. The lowest BCUT2D eigenvalue weighted by molar-refractivity contribution is -0.00537. The van der Waals surface area contributed by atoms with Crippen LogP contribution in [0.1, 0.15) is 13.8 Å². The molecule has 2 aromatic carbocycles. The van der Waals surface area contributed by atoms with Gasteiger partial charge in [0.15, 0.2) is 5.65 Å². The predicted molar refractivity (Wildman–Crippen MR) is 124 cm³/mol. The number of hydrogen-bond donors (Lipinski definition) is 0. The standard InChI is InChI=1S/C24H23BrN4O/c1-16-12-28(13-17(2)30-16)23-22-21(18-6-4-3-5-7-18)14-29(24(22)27-15-26-23)20-10-8-19(25)9-11-20/h3-11,14-17H,12-13H2,1-2H3/t16-,17+. The van der Waals surface area contributed by atoms with Crippen LogP contribution in [0.25, 0.3) is 27.8 Å². The van der Waals surface area contributed by atoms with E-state index in [-0.39, 0.29) is 12.2 Å². The van der Waals surface area contributed by atoms with Crippen LogP contribution in [-0.2, 0) is 4.74 Å². The maximum absolute atomic E-state index is 5.96. The molecule has 0 saturated carbocycles. The first-order valence-corrected chi connectivity index (χ1v) is 11.0. The number of aromatic nitrogens is 3. The first-order valence-electron chi connectivity index (χ1n) is 10.2. The SMILES string of the molecule is C[C@@H]1CN(c2ncnc3c2c(-c2ccccc2)cn3-c2ccc(Br)cc2)C[C@H](C)O1. The highest BCUT2D eigenvalue weighted by molar-refractivity contribution is 9.10. The van der Waals surface area contributed by atoms with Crippen molar-refractivity contribution in [2.24, 2.45) is 0 Å². The summed E-state index contributed by atoms with van der Waals surface area (Å²) in [4.78, 5) is 11.8. The van der Waals surface area contributed by atoms with Crippen LogP contribution in [0.3, 0.4) is 0 Å². The fourth-order valence-corrected chi connectivity index (χ4v) is 4.54. The van der Waals surface area contributed by atoms with Crippen molar-refractivity contribution in [3.05, 3.63) is 71.6 Å². The highest BCUT2D eigenvalue weighted by atomic mass is 79.9. The second kappa shape index (κ2) is 7.85. The number of ether oxygens (including phenoxy) is 1. The number of fused-ring (bicyclic) bond motifs is 1. The van der Waals surface area contributed by atoms with E-state index >= 15 is 0 Å². The van der Waals surface area contributed by atoms with E-state index in [1.807, 2.05) is 6.07 Å². The summed E-state index contributed by atoms with van der Waals surface area (Å²) in [6.45, 7) is 5.86. The van der Waals surface area contributed by atoms with Crippen molar-refractivity contribution in [1.82, 2.24) is 14.5 Å². The van der Waals surface area contributed by atoms with E-state index < -0.39 is 0 Å². The lowest BCUT2D eigenvalue weighted by Crippen LogP contribution is -2.46. The van der Waals surface area contributed by atoms with Crippen LogP contribution in [0.5, 0.6) is 0 Å². The molecule has 5 rings (SSSR count). The topological polar surface area (TPSA) is 43.2 Å². The van der Waals surface area contributed by atoms with Crippen molar-refractivity contribution >= 4 is 32.8 Å². The zero-order valence-electron chi connectivity index (χ0n) is 17.0. The first-order chi connectivity index (χ1) is 14.6. The zero-order valence-corrected chi connectivity index (χ0v) is 18.6. The van der Waals surface area contributed by atoms with Gasteiger partial charge in [-0.2, -0.15) is 0 Å². The minimum atomic E-state index is 0.160. The van der Waals surface area contributed by atoms with E-state index in [2.05, 4.69) is 94.0 Å². The van der Waals surface area contributed by atoms with Crippen molar-refractivity contribution in [1.29, 1.82) is 0 Å². The summed E-state index contributed by atoms with van der Waals surface area (Å²) in [6, 6.07) is 18.8. The average Bonchev–Trinajstić information content (AvgIpc) is 3.14. The number of rotatable bonds is 3. The van der Waals surface area contributed by atoms with Crippen LogP contribution in [-0.4, -0.2) is 39.8 Å². The van der Waals surface area contributed by atoms with E-state index in [1.165, 1.54) is 0 Å². The lowest BCUT2D eigenvalue weighted by Gasteiger charge is -2.36. The van der Waals surface area contributed by atoms with Gasteiger partial charge >= 0.3 is 0 Å². The quantitative estimate of drug-likeness (QED) is 0.405. The van der Waals surface area contributed by atoms with Crippen molar-refractivity contribution in [2.75, 3.05) is 18.0 Å². The third-order valence-electron chi connectivity index (χ3n) is 5.47. The highest BCUT2D eigenvalue weighted by Gasteiger charge is 2.27. The molecule has 6 heteroatoms. The third-order valence-corrected chi connectivity index (χ3v) is 6.00. The van der Waals surface area contributed by atoms with Crippen LogP contribution in [0.2, 0.25) is 0 Å². The molecule has 1 aliphatic rings. The molecule has 0 radical (unpaired) electrons. The van der Waals surface area contributed by atoms with Gasteiger partial charge in [-0.25, -0.2) is 9.97 Å². The van der Waals surface area contributed by atoms with Gasteiger partial charge in [-0.3, -0.25) is 0 Å². The zero-order chi connectivity index (χ0) is 20.7. The maximum Gasteiger partial charge on any atom is 0.150 e. The van der Waals surface area contributed by atoms with E-state index in [0.717, 1.165) is 51.2 Å². The fraction of sp³-hybridized carbons (Fsp3) is 0.250. The second-order valence-corrected chi connectivity index (χ2v) is 8.73. The Bertz CT molecular complexity index is 1160. The Morgan fingerprint density at radius 2 is 1.63 bits per heavy atom. The second-order valence-electron chi connectivity index (χ2n) is 7.81. The minimum absolute atomic E-state index is 0.160. The van der Waals surface area contributed by atoms with Crippen LogP contribution >= 0.6 is 15.9 Å². The Kier molecular flexibility index (Phi) is 5.05. The minimum Gasteiger partial charge on any atom is -0.372 e. The molecule has 0 aliphatic carbocycles. The number of anilines is 1. The molecule has 2 atom stereocenters. The normalized spacial score (nSPS) is 19.4. The summed E-state index contributed by atoms with van der Waals surface area (Å²) in [7, 11) is 0. The smallest absolute Gasteiger partial charge is 0.150 e. The van der Waals surface area contributed by atoms with Gasteiger partial charge in [-0.1, -0.05) is 46.3 Å². The summed E-state index contributed by atoms with van der Waals surface area (Å²) >= 11 is 3.53. The molecular weight excluding hydrogens is 440 g/mol. The van der Waals surface area contributed by atoms with E-state index in [1.54, 1.807) is 6.33 Å². The summed E-state index contributed by atoms with van der Waals surface area (Å²) in [5.41, 5.74) is 4.27. The summed E-state index contributed by atoms with van der Waals surface area (Å²) in [6.07, 6.45) is 4.17. The predicted octanol–water partition coefficient (Wildman–Crippen LogP) is 5.46. The van der Waals surface area contributed by atoms with Gasteiger partial charge in [-0.05, 0) is 43.7 Å². The van der Waals surface area contributed by atoms with Gasteiger partial charge in [-0.15, -0.1) is 0 Å². The Morgan fingerprint density at radius 1 is 0.933 bits per heavy atom. The molecule has 30 heavy (non-hydrogen) atoms. The van der Waals surface area contributed by atoms with Gasteiger partial charge in [0, 0.05) is 35.0 Å². The first kappa shape index (κ1) is 19.3. The molecule has 0 N–H and O–H groups in total. The lowest BCUT2D eigenvalue weighted by atomic mass is 10.1.